The number of carbonyl (C=O) groups excluding carboxylic acids is 2. The second-order valence-electron chi connectivity index (χ2n) is 4.67. The van der Waals surface area contributed by atoms with E-state index in [0.717, 1.165) is 0 Å². The average Bonchev–Trinajstić information content (AvgIpc) is 2.37. The summed E-state index contributed by atoms with van der Waals surface area (Å²) in [7, 11) is 0. The number of hydrogen-bond acceptors (Lipinski definition) is 4. The Kier molecular flexibility index (Phi) is 5.69. The summed E-state index contributed by atoms with van der Waals surface area (Å²) >= 11 is 0. The van der Waals surface area contributed by atoms with Crippen molar-refractivity contribution in [3.63, 3.8) is 0 Å². The molecule has 0 atom stereocenters. The van der Waals surface area contributed by atoms with Gasteiger partial charge < -0.3 is 11.1 Å². The summed E-state index contributed by atoms with van der Waals surface area (Å²) in [6, 6.07) is 8.76. The van der Waals surface area contributed by atoms with Crippen LogP contribution < -0.4 is 11.1 Å². The number of nitrogens with two attached hydrogens (primary N) is 1. The molecule has 0 aliphatic carbocycles. The maximum Gasteiger partial charge on any atom is 0.238 e. The van der Waals surface area contributed by atoms with Crippen LogP contribution >= 0.6 is 0 Å². The Morgan fingerprint density at radius 2 is 2.00 bits per heavy atom. The molecule has 6 heteroatoms. The van der Waals surface area contributed by atoms with E-state index in [1.54, 1.807) is 29.2 Å². The van der Waals surface area contributed by atoms with Crippen LogP contribution in [-0.4, -0.2) is 35.8 Å². The number of nitriles is 1. The van der Waals surface area contributed by atoms with E-state index >= 15 is 0 Å². The lowest BCUT2D eigenvalue weighted by Crippen LogP contribution is -2.43. The maximum absolute atomic E-state index is 12.0. The molecule has 3 N–H and O–H groups in total. The van der Waals surface area contributed by atoms with Gasteiger partial charge in [-0.3, -0.25) is 14.5 Å². The number of carbonyl (C=O) groups is 2. The monoisotopic (exact) mass is 274 g/mol. The van der Waals surface area contributed by atoms with Crippen molar-refractivity contribution < 1.29 is 9.59 Å². The molecule has 1 rings (SSSR count). The van der Waals surface area contributed by atoms with E-state index in [-0.39, 0.29) is 25.0 Å². The quantitative estimate of drug-likeness (QED) is 0.797. The third kappa shape index (κ3) is 4.71. The van der Waals surface area contributed by atoms with Gasteiger partial charge in [-0.2, -0.15) is 5.26 Å². The number of primary amides is 1. The normalized spacial score (nSPS) is 10.3. The second-order valence-corrected chi connectivity index (χ2v) is 4.67. The van der Waals surface area contributed by atoms with Crippen LogP contribution in [0.3, 0.4) is 0 Å². The summed E-state index contributed by atoms with van der Waals surface area (Å²) in [6.45, 7) is 3.81. The van der Waals surface area contributed by atoms with Gasteiger partial charge in [0, 0.05) is 6.04 Å². The van der Waals surface area contributed by atoms with E-state index in [2.05, 4.69) is 5.32 Å². The van der Waals surface area contributed by atoms with Crippen molar-refractivity contribution in [1.29, 1.82) is 5.26 Å². The lowest BCUT2D eigenvalue weighted by Gasteiger charge is -2.24. The smallest absolute Gasteiger partial charge is 0.238 e. The van der Waals surface area contributed by atoms with Gasteiger partial charge in [0.25, 0.3) is 0 Å². The van der Waals surface area contributed by atoms with Crippen molar-refractivity contribution in [3.8, 4) is 6.07 Å². The van der Waals surface area contributed by atoms with Crippen molar-refractivity contribution >= 4 is 17.5 Å². The highest BCUT2D eigenvalue weighted by Gasteiger charge is 2.16. The molecule has 0 heterocycles. The molecule has 20 heavy (non-hydrogen) atoms. The first kappa shape index (κ1) is 15.7. The van der Waals surface area contributed by atoms with Crippen molar-refractivity contribution in [3.05, 3.63) is 29.8 Å². The van der Waals surface area contributed by atoms with E-state index in [1.165, 1.54) is 0 Å². The number of nitrogens with zero attached hydrogens (tertiary/aromatic N) is 2. The first-order chi connectivity index (χ1) is 9.43. The maximum atomic E-state index is 12.0. The fraction of sp³-hybridized carbons (Fsp3) is 0.357. The predicted octanol–water partition coefficient (Wildman–Crippen LogP) is 0.692. The minimum absolute atomic E-state index is 0.0134. The molecule has 0 spiro atoms. The van der Waals surface area contributed by atoms with Gasteiger partial charge in [0.2, 0.25) is 11.8 Å². The molecule has 0 radical (unpaired) electrons. The molecule has 2 amide bonds. The van der Waals surface area contributed by atoms with Crippen molar-refractivity contribution in [2.24, 2.45) is 5.73 Å². The zero-order chi connectivity index (χ0) is 15.1. The molecule has 6 nitrogen and oxygen atoms in total. The van der Waals surface area contributed by atoms with E-state index in [4.69, 9.17) is 11.0 Å². The number of hydrogen-bond donors (Lipinski definition) is 2. The topological polar surface area (TPSA) is 99.2 Å². The molecule has 0 aromatic heterocycles. The molecular formula is C14H18N4O2. The Labute approximate surface area is 118 Å². The Morgan fingerprint density at radius 3 is 2.55 bits per heavy atom. The minimum atomic E-state index is -0.482. The number of anilines is 1. The summed E-state index contributed by atoms with van der Waals surface area (Å²) in [5.41, 5.74) is 6.01. The van der Waals surface area contributed by atoms with Crippen molar-refractivity contribution in [2.45, 2.75) is 19.9 Å². The van der Waals surface area contributed by atoms with Gasteiger partial charge >= 0.3 is 0 Å². The molecule has 0 aliphatic rings. The summed E-state index contributed by atoms with van der Waals surface area (Å²) < 4.78 is 0. The Bertz CT molecular complexity index is 534. The number of amides is 2. The van der Waals surface area contributed by atoms with Crippen LogP contribution in [0.15, 0.2) is 24.3 Å². The molecule has 106 valence electrons. The Balaban J connectivity index is 2.71. The van der Waals surface area contributed by atoms with Gasteiger partial charge in [0.15, 0.2) is 0 Å². The first-order valence-electron chi connectivity index (χ1n) is 6.25. The molecule has 0 aliphatic heterocycles. The van der Waals surface area contributed by atoms with Gasteiger partial charge in [-0.05, 0) is 26.0 Å². The van der Waals surface area contributed by atoms with Crippen LogP contribution in [0.1, 0.15) is 19.4 Å². The molecular weight excluding hydrogens is 256 g/mol. The van der Waals surface area contributed by atoms with Crippen molar-refractivity contribution in [1.82, 2.24) is 4.90 Å². The average molecular weight is 274 g/mol. The van der Waals surface area contributed by atoms with E-state index < -0.39 is 5.91 Å². The number of nitrogens with one attached hydrogen (secondary N) is 1. The Hall–Kier alpha value is -2.39. The largest absolute Gasteiger partial charge is 0.369 e. The Morgan fingerprint density at radius 1 is 1.35 bits per heavy atom. The SMILES string of the molecule is CC(C)N(CC(N)=O)CC(=O)Nc1ccccc1C#N. The van der Waals surface area contributed by atoms with Gasteiger partial charge in [-0.1, -0.05) is 12.1 Å². The van der Waals surface area contributed by atoms with E-state index in [1.807, 2.05) is 19.9 Å². The van der Waals surface area contributed by atoms with Gasteiger partial charge in [0.05, 0.1) is 24.3 Å². The van der Waals surface area contributed by atoms with Gasteiger partial charge in [-0.15, -0.1) is 0 Å². The lowest BCUT2D eigenvalue weighted by molar-refractivity contribution is -0.121. The summed E-state index contributed by atoms with van der Waals surface area (Å²) in [4.78, 5) is 24.6. The first-order valence-corrected chi connectivity index (χ1v) is 6.25. The highest BCUT2D eigenvalue weighted by Crippen LogP contribution is 2.13. The molecule has 0 unspecified atom stereocenters. The van der Waals surface area contributed by atoms with E-state index in [9.17, 15) is 9.59 Å². The zero-order valence-corrected chi connectivity index (χ0v) is 11.6. The second kappa shape index (κ2) is 7.26. The third-order valence-electron chi connectivity index (χ3n) is 2.76. The van der Waals surface area contributed by atoms with Crippen LogP contribution in [0.5, 0.6) is 0 Å². The fourth-order valence-electron chi connectivity index (χ4n) is 1.69. The fourth-order valence-corrected chi connectivity index (χ4v) is 1.69. The minimum Gasteiger partial charge on any atom is -0.369 e. The summed E-state index contributed by atoms with van der Waals surface area (Å²) in [6.07, 6.45) is 0. The zero-order valence-electron chi connectivity index (χ0n) is 11.6. The highest BCUT2D eigenvalue weighted by atomic mass is 16.2. The highest BCUT2D eigenvalue weighted by molar-refractivity contribution is 5.93. The standard InChI is InChI=1S/C14H18N4O2/c1-10(2)18(8-13(16)19)9-14(20)17-12-6-4-3-5-11(12)7-15/h3-6,10H,8-9H2,1-2H3,(H2,16,19)(H,17,20). The molecule has 0 fully saturated rings. The summed E-state index contributed by atoms with van der Waals surface area (Å²) in [5.74, 6) is -0.772. The van der Waals surface area contributed by atoms with Crippen LogP contribution in [0.2, 0.25) is 0 Å². The molecule has 1 aromatic rings. The van der Waals surface area contributed by atoms with E-state index in [0.29, 0.717) is 11.3 Å². The number of rotatable bonds is 6. The number of benzene rings is 1. The van der Waals surface area contributed by atoms with Gasteiger partial charge in [0.1, 0.15) is 6.07 Å². The summed E-state index contributed by atoms with van der Waals surface area (Å²) in [5, 5.41) is 11.6. The molecule has 0 saturated heterocycles. The van der Waals surface area contributed by atoms with Crippen molar-refractivity contribution in [2.75, 3.05) is 18.4 Å². The van der Waals surface area contributed by atoms with Crippen LogP contribution in [0.4, 0.5) is 5.69 Å². The van der Waals surface area contributed by atoms with Crippen LogP contribution in [0.25, 0.3) is 0 Å². The van der Waals surface area contributed by atoms with Gasteiger partial charge in [-0.25, -0.2) is 0 Å². The predicted molar refractivity (Wildman–Crippen MR) is 75.7 cm³/mol. The third-order valence-corrected chi connectivity index (χ3v) is 2.76. The lowest BCUT2D eigenvalue weighted by atomic mass is 10.2. The molecule has 0 bridgehead atoms. The number of para-hydroxylation sites is 1. The van der Waals surface area contributed by atoms with Crippen LogP contribution in [0, 0.1) is 11.3 Å². The van der Waals surface area contributed by atoms with Crippen LogP contribution in [-0.2, 0) is 9.59 Å². The molecule has 1 aromatic carbocycles. The molecule has 0 saturated carbocycles.